The van der Waals surface area contributed by atoms with E-state index in [1.165, 1.54) is 0 Å². The Morgan fingerprint density at radius 1 is 1.08 bits per heavy atom. The first-order chi connectivity index (χ1) is 11.8. The first-order valence-electron chi connectivity index (χ1n) is 7.38. The Balaban J connectivity index is 1.64. The zero-order valence-electron chi connectivity index (χ0n) is 12.6. The van der Waals surface area contributed by atoms with E-state index < -0.39 is 0 Å². The lowest BCUT2D eigenvalue weighted by Gasteiger charge is -1.96. The predicted octanol–water partition coefficient (Wildman–Crippen LogP) is 2.63. The van der Waals surface area contributed by atoms with Crippen LogP contribution in [0.5, 0.6) is 0 Å². The van der Waals surface area contributed by atoms with Gasteiger partial charge in [-0.3, -0.25) is 0 Å². The third-order valence-electron chi connectivity index (χ3n) is 3.88. The van der Waals surface area contributed by atoms with Crippen LogP contribution >= 0.6 is 0 Å². The minimum atomic E-state index is 0.266. The van der Waals surface area contributed by atoms with Gasteiger partial charge in [-0.1, -0.05) is 17.3 Å². The highest BCUT2D eigenvalue weighted by Gasteiger charge is 2.17. The molecule has 4 aromatic heterocycles. The van der Waals surface area contributed by atoms with Crippen molar-refractivity contribution in [1.82, 2.24) is 34.7 Å². The summed E-state index contributed by atoms with van der Waals surface area (Å²) in [4.78, 5) is 16.1. The summed E-state index contributed by atoms with van der Waals surface area (Å²) in [6.07, 6.45) is 3.57. The molecule has 0 radical (unpaired) electrons. The van der Waals surface area contributed by atoms with Crippen molar-refractivity contribution >= 4 is 16.7 Å². The Morgan fingerprint density at radius 3 is 2.96 bits per heavy atom. The third kappa shape index (κ3) is 1.83. The van der Waals surface area contributed by atoms with E-state index in [1.807, 2.05) is 43.5 Å². The molecule has 8 nitrogen and oxygen atoms in total. The second kappa shape index (κ2) is 4.72. The van der Waals surface area contributed by atoms with Crippen molar-refractivity contribution in [2.75, 3.05) is 0 Å². The highest BCUT2D eigenvalue weighted by Crippen LogP contribution is 2.27. The molecule has 4 heterocycles. The zero-order valence-corrected chi connectivity index (χ0v) is 12.6. The van der Waals surface area contributed by atoms with E-state index in [4.69, 9.17) is 4.52 Å². The Bertz CT molecular complexity index is 1180. The molecule has 0 aliphatic heterocycles. The quantitative estimate of drug-likeness (QED) is 0.537. The lowest BCUT2D eigenvalue weighted by atomic mass is 10.1. The van der Waals surface area contributed by atoms with E-state index in [0.717, 1.165) is 22.2 Å². The summed E-state index contributed by atoms with van der Waals surface area (Å²) in [5.74, 6) is 1.62. The summed E-state index contributed by atoms with van der Waals surface area (Å²) in [6, 6.07) is 9.74. The van der Waals surface area contributed by atoms with Crippen LogP contribution in [-0.2, 0) is 0 Å². The summed E-state index contributed by atoms with van der Waals surface area (Å²) in [5, 5.41) is 9.49. The fourth-order valence-electron chi connectivity index (χ4n) is 2.70. The van der Waals surface area contributed by atoms with Gasteiger partial charge in [0.15, 0.2) is 0 Å². The average Bonchev–Trinajstić information content (AvgIpc) is 3.32. The molecular formula is C16H11N7O. The maximum Gasteiger partial charge on any atom is 0.297 e. The molecule has 0 saturated carbocycles. The molecular weight excluding hydrogens is 306 g/mol. The number of nitrogens with zero attached hydrogens (tertiary/aromatic N) is 6. The summed E-state index contributed by atoms with van der Waals surface area (Å²) in [6.45, 7) is 1.93. The number of aryl methyl sites for hydroxylation is 1. The van der Waals surface area contributed by atoms with Gasteiger partial charge in [-0.15, -0.1) is 5.10 Å². The van der Waals surface area contributed by atoms with Gasteiger partial charge in [0.2, 0.25) is 11.6 Å². The summed E-state index contributed by atoms with van der Waals surface area (Å²) < 4.78 is 7.01. The molecule has 0 spiro atoms. The molecule has 1 N–H and O–H groups in total. The monoisotopic (exact) mass is 317 g/mol. The molecule has 0 aliphatic carbocycles. The molecule has 0 aliphatic rings. The summed E-state index contributed by atoms with van der Waals surface area (Å²) in [5.41, 5.74) is 2.84. The Hall–Kier alpha value is -3.55. The molecule has 0 saturated heterocycles. The van der Waals surface area contributed by atoms with Crippen LogP contribution in [0.3, 0.4) is 0 Å². The number of nitrogens with one attached hydrogen (secondary N) is 1. The Labute approximate surface area is 135 Å². The fraction of sp³-hybridized carbons (Fsp3) is 0.0625. The largest absolute Gasteiger partial charge is 0.361 e. The van der Waals surface area contributed by atoms with Crippen LogP contribution in [0.25, 0.3) is 39.8 Å². The van der Waals surface area contributed by atoms with Gasteiger partial charge in [-0.05, 0) is 25.1 Å². The van der Waals surface area contributed by atoms with Gasteiger partial charge in [0, 0.05) is 34.6 Å². The van der Waals surface area contributed by atoms with E-state index >= 15 is 0 Å². The van der Waals surface area contributed by atoms with Crippen LogP contribution in [0.15, 0.2) is 47.2 Å². The molecule has 24 heavy (non-hydrogen) atoms. The van der Waals surface area contributed by atoms with Gasteiger partial charge in [0.25, 0.3) is 11.7 Å². The van der Waals surface area contributed by atoms with E-state index in [2.05, 4.69) is 30.2 Å². The van der Waals surface area contributed by atoms with Gasteiger partial charge in [-0.2, -0.15) is 9.97 Å². The number of rotatable bonds is 2. The van der Waals surface area contributed by atoms with E-state index in [-0.39, 0.29) is 5.89 Å². The standard InChI is InChI=1S/C16H11N7O/c1-9-5-7-18-16-20-14(21-23(9)16)15-19-13(22-24-15)11-3-2-4-12-10(11)6-8-17-12/h2-8,17H,1H3. The van der Waals surface area contributed by atoms with Crippen molar-refractivity contribution < 1.29 is 4.52 Å². The van der Waals surface area contributed by atoms with Crippen molar-refractivity contribution in [3.8, 4) is 23.1 Å². The highest BCUT2D eigenvalue weighted by atomic mass is 16.5. The molecule has 5 aromatic rings. The average molecular weight is 317 g/mol. The molecule has 5 rings (SSSR count). The van der Waals surface area contributed by atoms with Gasteiger partial charge < -0.3 is 9.51 Å². The molecule has 0 fully saturated rings. The lowest BCUT2D eigenvalue weighted by Crippen LogP contribution is -1.94. The van der Waals surface area contributed by atoms with E-state index in [0.29, 0.717) is 17.4 Å². The minimum Gasteiger partial charge on any atom is -0.361 e. The first kappa shape index (κ1) is 12.9. The number of benzene rings is 1. The van der Waals surface area contributed by atoms with Crippen LogP contribution in [0.1, 0.15) is 5.69 Å². The number of aromatic nitrogens is 7. The van der Waals surface area contributed by atoms with Crippen LogP contribution in [-0.4, -0.2) is 34.7 Å². The third-order valence-corrected chi connectivity index (χ3v) is 3.88. The van der Waals surface area contributed by atoms with Crippen LogP contribution < -0.4 is 0 Å². The fourth-order valence-corrected chi connectivity index (χ4v) is 2.70. The summed E-state index contributed by atoms with van der Waals surface area (Å²) in [7, 11) is 0. The van der Waals surface area contributed by atoms with Gasteiger partial charge in [0.1, 0.15) is 0 Å². The molecule has 1 aromatic carbocycles. The van der Waals surface area contributed by atoms with Gasteiger partial charge >= 0.3 is 0 Å². The maximum atomic E-state index is 5.36. The molecule has 0 unspecified atom stereocenters. The van der Waals surface area contributed by atoms with Crippen molar-refractivity contribution in [3.63, 3.8) is 0 Å². The Kier molecular flexibility index (Phi) is 2.55. The topological polar surface area (TPSA) is 97.8 Å². The SMILES string of the molecule is Cc1ccnc2nc(-c3nc(-c4cccc5[nH]ccc45)no3)nn12. The number of aromatic amines is 1. The summed E-state index contributed by atoms with van der Waals surface area (Å²) >= 11 is 0. The van der Waals surface area contributed by atoms with Crippen LogP contribution in [0.2, 0.25) is 0 Å². The lowest BCUT2D eigenvalue weighted by molar-refractivity contribution is 0.429. The highest BCUT2D eigenvalue weighted by molar-refractivity contribution is 5.93. The van der Waals surface area contributed by atoms with Crippen molar-refractivity contribution in [3.05, 3.63) is 48.4 Å². The van der Waals surface area contributed by atoms with Crippen LogP contribution in [0.4, 0.5) is 0 Å². The van der Waals surface area contributed by atoms with E-state index in [1.54, 1.807) is 10.7 Å². The van der Waals surface area contributed by atoms with Crippen molar-refractivity contribution in [2.45, 2.75) is 6.92 Å². The second-order valence-corrected chi connectivity index (χ2v) is 5.40. The van der Waals surface area contributed by atoms with E-state index in [9.17, 15) is 0 Å². The molecule has 116 valence electrons. The maximum absolute atomic E-state index is 5.36. The van der Waals surface area contributed by atoms with Crippen LogP contribution in [0, 0.1) is 6.92 Å². The first-order valence-corrected chi connectivity index (χ1v) is 7.38. The zero-order chi connectivity index (χ0) is 16.1. The van der Waals surface area contributed by atoms with Gasteiger partial charge in [-0.25, -0.2) is 9.50 Å². The smallest absolute Gasteiger partial charge is 0.297 e. The minimum absolute atomic E-state index is 0.266. The van der Waals surface area contributed by atoms with Crippen molar-refractivity contribution in [2.24, 2.45) is 0 Å². The molecule has 0 bridgehead atoms. The number of fused-ring (bicyclic) bond motifs is 2. The number of H-pyrrole nitrogens is 1. The molecule has 0 atom stereocenters. The van der Waals surface area contributed by atoms with Gasteiger partial charge in [0.05, 0.1) is 0 Å². The Morgan fingerprint density at radius 2 is 2.04 bits per heavy atom. The number of hydrogen-bond acceptors (Lipinski definition) is 6. The molecule has 8 heteroatoms. The predicted molar refractivity (Wildman–Crippen MR) is 86.1 cm³/mol. The normalized spacial score (nSPS) is 11.5. The molecule has 0 amide bonds. The number of hydrogen-bond donors (Lipinski definition) is 1. The van der Waals surface area contributed by atoms with Crippen molar-refractivity contribution in [1.29, 1.82) is 0 Å². The second-order valence-electron chi connectivity index (χ2n) is 5.40.